The van der Waals surface area contributed by atoms with Crippen molar-refractivity contribution in [2.75, 3.05) is 26.9 Å². The Labute approximate surface area is 191 Å². The van der Waals surface area contributed by atoms with Crippen LogP contribution in [0.4, 0.5) is 0 Å². The number of pyridine rings is 2. The average molecular weight is 488 g/mol. The number of rotatable bonds is 7. The lowest BCUT2D eigenvalue weighted by molar-refractivity contribution is -0.509. The molecule has 0 fully saturated rings. The van der Waals surface area contributed by atoms with Crippen molar-refractivity contribution in [3.63, 3.8) is 0 Å². The van der Waals surface area contributed by atoms with Gasteiger partial charge in [-0.25, -0.2) is 0 Å². The van der Waals surface area contributed by atoms with Gasteiger partial charge in [0.25, 0.3) is 0 Å². The van der Waals surface area contributed by atoms with Crippen molar-refractivity contribution in [2.24, 2.45) is 0 Å². The lowest BCUT2D eigenvalue weighted by Crippen LogP contribution is -3.00. The maximum atomic E-state index is 10.6. The number of phenolic OH excluding ortho intramolecular Hbond substituents is 1. The molecular formula is C24H26BrNO5. The van der Waals surface area contributed by atoms with E-state index in [1.54, 1.807) is 13.2 Å². The van der Waals surface area contributed by atoms with E-state index >= 15 is 0 Å². The van der Waals surface area contributed by atoms with E-state index in [4.69, 9.17) is 18.9 Å². The Morgan fingerprint density at radius 2 is 1.55 bits per heavy atom. The van der Waals surface area contributed by atoms with Gasteiger partial charge in [0.1, 0.15) is 11.1 Å². The highest BCUT2D eigenvalue weighted by Crippen LogP contribution is 2.43. The van der Waals surface area contributed by atoms with Crippen LogP contribution in [-0.4, -0.2) is 32.0 Å². The Balaban J connectivity index is 0.00000272. The van der Waals surface area contributed by atoms with Gasteiger partial charge in [0.05, 0.1) is 32.3 Å². The van der Waals surface area contributed by atoms with Gasteiger partial charge >= 0.3 is 0 Å². The van der Waals surface area contributed by atoms with Crippen molar-refractivity contribution in [1.29, 1.82) is 0 Å². The Hall–Kier alpha value is -2.93. The summed E-state index contributed by atoms with van der Waals surface area (Å²) in [5.41, 5.74) is 0.942. The number of ether oxygens (including phenoxy) is 4. The first-order valence-corrected chi connectivity index (χ1v) is 10.2. The van der Waals surface area contributed by atoms with E-state index in [1.807, 2.05) is 61.8 Å². The molecule has 7 heteroatoms. The SMILES string of the molecule is CCOc1cc(OCC)c2c(cc[n+]3cc4c(O)c(OC)ccc4cc23)c1OCC.[Br-]. The Morgan fingerprint density at radius 3 is 2.23 bits per heavy atom. The number of fused-ring (bicyclic) bond motifs is 4. The normalized spacial score (nSPS) is 10.8. The van der Waals surface area contributed by atoms with E-state index < -0.39 is 0 Å². The summed E-state index contributed by atoms with van der Waals surface area (Å²) in [7, 11) is 1.54. The van der Waals surface area contributed by atoms with Crippen LogP contribution in [-0.2, 0) is 0 Å². The van der Waals surface area contributed by atoms with E-state index in [0.29, 0.717) is 42.5 Å². The zero-order valence-electron chi connectivity index (χ0n) is 18.1. The average Bonchev–Trinajstić information content (AvgIpc) is 2.75. The van der Waals surface area contributed by atoms with Crippen molar-refractivity contribution < 1.29 is 45.4 Å². The summed E-state index contributed by atoms with van der Waals surface area (Å²) in [6, 6.07) is 9.62. The van der Waals surface area contributed by atoms with Crippen molar-refractivity contribution in [1.82, 2.24) is 0 Å². The second-order valence-corrected chi connectivity index (χ2v) is 6.79. The van der Waals surface area contributed by atoms with E-state index in [2.05, 4.69) is 0 Å². The van der Waals surface area contributed by atoms with Crippen LogP contribution in [0.15, 0.2) is 42.7 Å². The third-order valence-electron chi connectivity index (χ3n) is 5.06. The number of benzene rings is 2. The molecular weight excluding hydrogens is 462 g/mol. The predicted octanol–water partition coefficient (Wildman–Crippen LogP) is 1.65. The van der Waals surface area contributed by atoms with Crippen LogP contribution in [0.2, 0.25) is 0 Å². The molecule has 164 valence electrons. The zero-order chi connectivity index (χ0) is 21.3. The quantitative estimate of drug-likeness (QED) is 0.244. The fraction of sp³-hybridized carbons (Fsp3) is 0.292. The largest absolute Gasteiger partial charge is 1.00 e. The topological polar surface area (TPSA) is 61.3 Å². The van der Waals surface area contributed by atoms with Crippen molar-refractivity contribution >= 4 is 27.1 Å². The number of hydrogen-bond acceptors (Lipinski definition) is 5. The van der Waals surface area contributed by atoms with Gasteiger partial charge in [-0.2, -0.15) is 4.40 Å². The molecule has 2 aromatic heterocycles. The number of halogens is 1. The molecule has 1 N–H and O–H groups in total. The second kappa shape index (κ2) is 9.47. The molecule has 2 heterocycles. The fourth-order valence-corrected chi connectivity index (χ4v) is 3.82. The maximum absolute atomic E-state index is 10.6. The Kier molecular flexibility index (Phi) is 6.95. The first-order chi connectivity index (χ1) is 14.6. The lowest BCUT2D eigenvalue weighted by Gasteiger charge is -2.16. The minimum Gasteiger partial charge on any atom is -1.00 e. The number of methoxy groups -OCH3 is 1. The standard InChI is InChI=1S/C24H25NO5.BrH/c1-5-28-20-13-21(29-6-2)24(30-7-3)16-10-11-25-14-17-15(12-18(25)22(16)20)8-9-19(27-4)23(17)26;/h8-14H,5-7H2,1-4H3;1H. The summed E-state index contributed by atoms with van der Waals surface area (Å²) in [6.07, 6.45) is 3.85. The van der Waals surface area contributed by atoms with Crippen molar-refractivity contribution in [3.8, 4) is 28.7 Å². The summed E-state index contributed by atoms with van der Waals surface area (Å²) < 4.78 is 25.1. The van der Waals surface area contributed by atoms with Gasteiger partial charge in [-0.15, -0.1) is 0 Å². The van der Waals surface area contributed by atoms with Crippen LogP contribution in [0.25, 0.3) is 27.1 Å². The number of aromatic hydroxyl groups is 1. The molecule has 0 aliphatic carbocycles. The van der Waals surface area contributed by atoms with Gasteiger partial charge in [0.2, 0.25) is 5.52 Å². The molecule has 0 aliphatic rings. The fourth-order valence-electron chi connectivity index (χ4n) is 3.82. The number of hydrogen-bond donors (Lipinski definition) is 1. The third kappa shape index (κ3) is 3.90. The summed E-state index contributed by atoms with van der Waals surface area (Å²) in [6.45, 7) is 7.45. The van der Waals surface area contributed by atoms with Gasteiger partial charge in [0, 0.05) is 23.6 Å². The first-order valence-electron chi connectivity index (χ1n) is 10.2. The molecule has 0 amide bonds. The van der Waals surface area contributed by atoms with Gasteiger partial charge in [-0.05, 0) is 38.3 Å². The van der Waals surface area contributed by atoms with E-state index in [9.17, 15) is 5.11 Å². The molecule has 0 atom stereocenters. The van der Waals surface area contributed by atoms with Crippen LogP contribution in [0, 0.1) is 0 Å². The molecule has 4 aromatic rings. The monoisotopic (exact) mass is 487 g/mol. The predicted molar refractivity (Wildman–Crippen MR) is 116 cm³/mol. The molecule has 0 unspecified atom stereocenters. The number of aromatic nitrogens is 1. The number of phenols is 1. The molecule has 0 bridgehead atoms. The molecule has 31 heavy (non-hydrogen) atoms. The summed E-state index contributed by atoms with van der Waals surface area (Å²) in [4.78, 5) is 0. The first kappa shape index (κ1) is 22.7. The smallest absolute Gasteiger partial charge is 0.223 e. The summed E-state index contributed by atoms with van der Waals surface area (Å²) in [5, 5.41) is 14.0. The van der Waals surface area contributed by atoms with Crippen molar-refractivity contribution in [2.45, 2.75) is 20.8 Å². The van der Waals surface area contributed by atoms with Crippen LogP contribution < -0.4 is 40.3 Å². The summed E-state index contributed by atoms with van der Waals surface area (Å²) in [5.74, 6) is 2.67. The molecule has 6 nitrogen and oxygen atoms in total. The van der Waals surface area contributed by atoms with E-state index in [0.717, 1.165) is 27.4 Å². The van der Waals surface area contributed by atoms with E-state index in [1.165, 1.54) is 0 Å². The van der Waals surface area contributed by atoms with E-state index in [-0.39, 0.29) is 22.7 Å². The molecule has 0 aliphatic heterocycles. The highest BCUT2D eigenvalue weighted by atomic mass is 79.9. The Bertz CT molecular complexity index is 1240. The van der Waals surface area contributed by atoms with Gasteiger partial charge in [-0.3, -0.25) is 0 Å². The van der Waals surface area contributed by atoms with Crippen LogP contribution in [0.3, 0.4) is 0 Å². The summed E-state index contributed by atoms with van der Waals surface area (Å²) >= 11 is 0. The van der Waals surface area contributed by atoms with Gasteiger partial charge < -0.3 is 41.0 Å². The molecule has 0 saturated heterocycles. The Morgan fingerprint density at radius 1 is 0.839 bits per heavy atom. The third-order valence-corrected chi connectivity index (χ3v) is 5.06. The molecule has 0 radical (unpaired) electrons. The molecule has 0 spiro atoms. The van der Waals surface area contributed by atoms with Crippen LogP contribution in [0.1, 0.15) is 20.8 Å². The zero-order valence-corrected chi connectivity index (χ0v) is 19.7. The van der Waals surface area contributed by atoms with Crippen LogP contribution >= 0.6 is 0 Å². The van der Waals surface area contributed by atoms with Crippen LogP contribution in [0.5, 0.6) is 28.7 Å². The van der Waals surface area contributed by atoms with Crippen molar-refractivity contribution in [3.05, 3.63) is 42.7 Å². The lowest BCUT2D eigenvalue weighted by atomic mass is 10.0. The molecule has 4 rings (SSSR count). The minimum atomic E-state index is 0. The molecule has 0 saturated carbocycles. The molecule has 2 aromatic carbocycles. The highest BCUT2D eigenvalue weighted by molar-refractivity contribution is 6.05. The minimum absolute atomic E-state index is 0. The van der Waals surface area contributed by atoms with Gasteiger partial charge in [-0.1, -0.05) is 0 Å². The second-order valence-electron chi connectivity index (χ2n) is 6.79. The number of nitrogens with zero attached hydrogens (tertiary/aromatic N) is 1. The van der Waals surface area contributed by atoms with Gasteiger partial charge in [0.15, 0.2) is 35.4 Å². The highest BCUT2D eigenvalue weighted by Gasteiger charge is 2.22. The maximum Gasteiger partial charge on any atom is 0.223 e.